The molecule has 0 amide bonds. The first-order valence-electron chi connectivity index (χ1n) is 5.79. The molecule has 0 bridgehead atoms. The maximum atomic E-state index is 5.68. The molecule has 2 nitrogen and oxygen atoms in total. The third-order valence-corrected chi connectivity index (χ3v) is 3.54. The maximum absolute atomic E-state index is 5.68. The third kappa shape index (κ3) is 3.58. The van der Waals surface area contributed by atoms with Crippen LogP contribution < -0.4 is 5.32 Å². The van der Waals surface area contributed by atoms with Crippen molar-refractivity contribution in [3.05, 3.63) is 33.8 Å². The van der Waals surface area contributed by atoms with Crippen molar-refractivity contribution in [1.82, 2.24) is 5.32 Å². The zero-order valence-corrected chi connectivity index (χ0v) is 11.2. The summed E-state index contributed by atoms with van der Waals surface area (Å²) in [5.41, 5.74) is 2.53. The van der Waals surface area contributed by atoms with Gasteiger partial charge in [0.2, 0.25) is 0 Å². The Morgan fingerprint density at radius 2 is 2.25 bits per heavy atom. The number of ether oxygens (including phenoxy) is 1. The smallest absolute Gasteiger partial charge is 0.0727 e. The lowest BCUT2D eigenvalue weighted by Gasteiger charge is -2.08. The van der Waals surface area contributed by atoms with E-state index in [9.17, 15) is 0 Å². The Balaban J connectivity index is 1.87. The molecule has 0 unspecified atom stereocenters. The van der Waals surface area contributed by atoms with Crippen LogP contribution in [-0.4, -0.2) is 13.7 Å². The van der Waals surface area contributed by atoms with Crippen LogP contribution in [0.2, 0.25) is 0 Å². The maximum Gasteiger partial charge on any atom is 0.0727 e. The molecule has 0 aliphatic heterocycles. The fourth-order valence-corrected chi connectivity index (χ4v) is 2.18. The molecule has 2 rings (SSSR count). The van der Waals surface area contributed by atoms with Gasteiger partial charge in [0.05, 0.1) is 6.61 Å². The largest absolute Gasteiger partial charge is 0.376 e. The zero-order valence-electron chi connectivity index (χ0n) is 9.63. The molecular formula is C13H18BrNO. The number of benzene rings is 1. The van der Waals surface area contributed by atoms with E-state index in [1.807, 2.05) is 7.05 Å². The van der Waals surface area contributed by atoms with Crippen LogP contribution in [0.4, 0.5) is 0 Å². The van der Waals surface area contributed by atoms with E-state index in [1.165, 1.54) is 24.0 Å². The second kappa shape index (κ2) is 5.80. The van der Waals surface area contributed by atoms with Crippen LogP contribution in [0.25, 0.3) is 0 Å². The van der Waals surface area contributed by atoms with E-state index in [2.05, 4.69) is 39.4 Å². The summed E-state index contributed by atoms with van der Waals surface area (Å²) in [7, 11) is 1.96. The van der Waals surface area contributed by atoms with Gasteiger partial charge in [-0.25, -0.2) is 0 Å². The predicted octanol–water partition coefficient (Wildman–Crippen LogP) is 3.10. The average molecular weight is 284 g/mol. The van der Waals surface area contributed by atoms with Crippen molar-refractivity contribution < 1.29 is 4.74 Å². The van der Waals surface area contributed by atoms with E-state index in [1.54, 1.807) is 0 Å². The highest BCUT2D eigenvalue weighted by Crippen LogP contribution is 2.29. The SMILES string of the molecule is CNCc1ccc(COCC2CC2)c(Br)c1. The molecule has 0 atom stereocenters. The Bertz CT molecular complexity index is 350. The molecule has 1 N–H and O–H groups in total. The average Bonchev–Trinajstić information content (AvgIpc) is 3.06. The summed E-state index contributed by atoms with van der Waals surface area (Å²) in [6.07, 6.45) is 2.70. The number of rotatable bonds is 6. The molecule has 1 aliphatic carbocycles. The van der Waals surface area contributed by atoms with Crippen LogP contribution in [-0.2, 0) is 17.9 Å². The van der Waals surface area contributed by atoms with Gasteiger partial charge in [-0.2, -0.15) is 0 Å². The summed E-state index contributed by atoms with van der Waals surface area (Å²) in [6, 6.07) is 6.45. The Morgan fingerprint density at radius 1 is 1.44 bits per heavy atom. The quantitative estimate of drug-likeness (QED) is 0.866. The molecule has 1 saturated carbocycles. The standard InChI is InChI=1S/C13H18BrNO/c1-15-7-11-4-5-12(13(14)6-11)9-16-8-10-2-3-10/h4-6,10,15H,2-3,7-9H2,1H3. The molecule has 0 spiro atoms. The molecule has 3 heteroatoms. The third-order valence-electron chi connectivity index (χ3n) is 2.81. The highest BCUT2D eigenvalue weighted by molar-refractivity contribution is 9.10. The van der Waals surface area contributed by atoms with Crippen LogP contribution in [0.3, 0.4) is 0 Å². The molecule has 1 aliphatic rings. The first-order valence-corrected chi connectivity index (χ1v) is 6.58. The molecule has 88 valence electrons. The van der Waals surface area contributed by atoms with Crippen LogP contribution in [0.5, 0.6) is 0 Å². The lowest BCUT2D eigenvalue weighted by Crippen LogP contribution is -2.05. The molecular weight excluding hydrogens is 266 g/mol. The Labute approximate surface area is 106 Å². The predicted molar refractivity (Wildman–Crippen MR) is 69.3 cm³/mol. The zero-order chi connectivity index (χ0) is 11.4. The van der Waals surface area contributed by atoms with Crippen molar-refractivity contribution in [3.63, 3.8) is 0 Å². The summed E-state index contributed by atoms with van der Waals surface area (Å²) in [5.74, 6) is 0.836. The van der Waals surface area contributed by atoms with E-state index >= 15 is 0 Å². The first-order chi connectivity index (χ1) is 7.79. The molecule has 16 heavy (non-hydrogen) atoms. The van der Waals surface area contributed by atoms with Crippen molar-refractivity contribution in [1.29, 1.82) is 0 Å². The fourth-order valence-electron chi connectivity index (χ4n) is 1.64. The lowest BCUT2D eigenvalue weighted by atomic mass is 10.1. The van der Waals surface area contributed by atoms with E-state index < -0.39 is 0 Å². The molecule has 1 fully saturated rings. The minimum absolute atomic E-state index is 0.719. The van der Waals surface area contributed by atoms with Crippen molar-refractivity contribution >= 4 is 15.9 Å². The van der Waals surface area contributed by atoms with E-state index in [0.29, 0.717) is 0 Å². The number of hydrogen-bond acceptors (Lipinski definition) is 2. The molecule has 1 aromatic rings. The second-order valence-electron chi connectivity index (χ2n) is 4.41. The first kappa shape index (κ1) is 12.1. The molecule has 1 aromatic carbocycles. The van der Waals surface area contributed by atoms with Gasteiger partial charge in [0, 0.05) is 17.6 Å². The van der Waals surface area contributed by atoms with Gasteiger partial charge in [-0.15, -0.1) is 0 Å². The minimum atomic E-state index is 0.719. The Morgan fingerprint density at radius 3 is 2.88 bits per heavy atom. The topological polar surface area (TPSA) is 21.3 Å². The second-order valence-corrected chi connectivity index (χ2v) is 5.27. The minimum Gasteiger partial charge on any atom is -0.376 e. The van der Waals surface area contributed by atoms with Gasteiger partial charge < -0.3 is 10.1 Å². The summed E-state index contributed by atoms with van der Waals surface area (Å²) >= 11 is 3.59. The van der Waals surface area contributed by atoms with Crippen LogP contribution in [0, 0.1) is 5.92 Å². The van der Waals surface area contributed by atoms with Gasteiger partial charge in [-0.3, -0.25) is 0 Å². The van der Waals surface area contributed by atoms with E-state index in [4.69, 9.17) is 4.74 Å². The summed E-state index contributed by atoms with van der Waals surface area (Å²) < 4.78 is 6.83. The Hall–Kier alpha value is -0.380. The van der Waals surface area contributed by atoms with Crippen molar-refractivity contribution in [3.8, 4) is 0 Å². The van der Waals surface area contributed by atoms with Gasteiger partial charge in [-0.05, 0) is 43.0 Å². The van der Waals surface area contributed by atoms with Gasteiger partial charge in [0.15, 0.2) is 0 Å². The van der Waals surface area contributed by atoms with E-state index in [-0.39, 0.29) is 0 Å². The molecule has 0 saturated heterocycles. The van der Waals surface area contributed by atoms with Gasteiger partial charge in [0.25, 0.3) is 0 Å². The Kier molecular flexibility index (Phi) is 4.38. The fraction of sp³-hybridized carbons (Fsp3) is 0.538. The van der Waals surface area contributed by atoms with Crippen molar-refractivity contribution in [2.24, 2.45) is 5.92 Å². The van der Waals surface area contributed by atoms with Crippen molar-refractivity contribution in [2.75, 3.05) is 13.7 Å². The molecule has 0 radical (unpaired) electrons. The highest BCUT2D eigenvalue weighted by atomic mass is 79.9. The van der Waals surface area contributed by atoms with Crippen LogP contribution in [0.15, 0.2) is 22.7 Å². The number of nitrogens with one attached hydrogen (secondary N) is 1. The lowest BCUT2D eigenvalue weighted by molar-refractivity contribution is 0.111. The molecule has 0 aromatic heterocycles. The normalized spacial score (nSPS) is 15.4. The highest BCUT2D eigenvalue weighted by Gasteiger charge is 2.21. The number of hydrogen-bond donors (Lipinski definition) is 1. The molecule has 0 heterocycles. The summed E-state index contributed by atoms with van der Waals surface area (Å²) in [4.78, 5) is 0. The van der Waals surface area contributed by atoms with Gasteiger partial charge in [-0.1, -0.05) is 28.1 Å². The van der Waals surface area contributed by atoms with Gasteiger partial charge in [0.1, 0.15) is 0 Å². The van der Waals surface area contributed by atoms with Gasteiger partial charge >= 0.3 is 0 Å². The van der Waals surface area contributed by atoms with Crippen LogP contribution in [0.1, 0.15) is 24.0 Å². The monoisotopic (exact) mass is 283 g/mol. The summed E-state index contributed by atoms with van der Waals surface area (Å²) in [5, 5.41) is 3.14. The van der Waals surface area contributed by atoms with Crippen LogP contribution >= 0.6 is 15.9 Å². The van der Waals surface area contributed by atoms with Crippen molar-refractivity contribution in [2.45, 2.75) is 26.0 Å². The summed E-state index contributed by atoms with van der Waals surface area (Å²) in [6.45, 7) is 2.55. The van der Waals surface area contributed by atoms with E-state index in [0.717, 1.165) is 30.1 Å². The number of halogens is 1.